The molecule has 2 amide bonds. The third kappa shape index (κ3) is 3.96. The number of hydrogen-bond acceptors (Lipinski definition) is 3. The Morgan fingerprint density at radius 2 is 1.57 bits per heavy atom. The van der Waals surface area contributed by atoms with E-state index >= 15 is 0 Å². The van der Waals surface area contributed by atoms with E-state index in [0.29, 0.717) is 6.07 Å². The van der Waals surface area contributed by atoms with E-state index in [-0.39, 0.29) is 16.9 Å². The number of anilines is 2. The number of aromatic carboxylic acids is 1. The molecule has 2 rings (SSSR count). The van der Waals surface area contributed by atoms with Crippen molar-refractivity contribution in [2.45, 2.75) is 0 Å². The minimum Gasteiger partial charge on any atom is -0.478 e. The van der Waals surface area contributed by atoms with Crippen LogP contribution in [0, 0.1) is 11.6 Å². The standard InChI is InChI=1S/C13H9F2N3O3/c14-8-2-9(15)4-10(3-8)17-13(21)18-11-1-7(12(19)20)5-16-6-11/h1-6H,(H,19,20)(H2,17,18,21). The molecule has 0 bridgehead atoms. The van der Waals surface area contributed by atoms with Crippen LogP contribution in [-0.2, 0) is 0 Å². The predicted molar refractivity (Wildman–Crippen MR) is 70.2 cm³/mol. The summed E-state index contributed by atoms with van der Waals surface area (Å²) in [6.07, 6.45) is 2.35. The van der Waals surface area contributed by atoms with Gasteiger partial charge in [0.25, 0.3) is 0 Å². The van der Waals surface area contributed by atoms with Gasteiger partial charge in [-0.2, -0.15) is 0 Å². The summed E-state index contributed by atoms with van der Waals surface area (Å²) in [6, 6.07) is 2.96. The summed E-state index contributed by atoms with van der Waals surface area (Å²) in [4.78, 5) is 26.0. The molecule has 1 heterocycles. The van der Waals surface area contributed by atoms with Crippen molar-refractivity contribution < 1.29 is 23.5 Å². The summed E-state index contributed by atoms with van der Waals surface area (Å²) in [6.45, 7) is 0. The van der Waals surface area contributed by atoms with Gasteiger partial charge in [-0.3, -0.25) is 4.98 Å². The van der Waals surface area contributed by atoms with Crippen LogP contribution in [0.1, 0.15) is 10.4 Å². The molecule has 108 valence electrons. The first-order valence-electron chi connectivity index (χ1n) is 5.66. The van der Waals surface area contributed by atoms with Crippen LogP contribution in [0.25, 0.3) is 0 Å². The molecule has 0 aliphatic heterocycles. The SMILES string of the molecule is O=C(Nc1cc(F)cc(F)c1)Nc1cncc(C(=O)O)c1. The van der Waals surface area contributed by atoms with Crippen molar-refractivity contribution >= 4 is 23.4 Å². The second-order valence-electron chi connectivity index (χ2n) is 4.00. The molecule has 0 radical (unpaired) electrons. The minimum atomic E-state index is -1.20. The average molecular weight is 293 g/mol. The van der Waals surface area contributed by atoms with Gasteiger partial charge in [-0.15, -0.1) is 0 Å². The highest BCUT2D eigenvalue weighted by molar-refractivity contribution is 6.00. The molecule has 2 aromatic rings. The predicted octanol–water partition coefficient (Wildman–Crippen LogP) is 2.70. The number of carboxylic acids is 1. The summed E-state index contributed by atoms with van der Waals surface area (Å²) >= 11 is 0. The van der Waals surface area contributed by atoms with Gasteiger partial charge in [-0.1, -0.05) is 0 Å². The Hall–Kier alpha value is -3.03. The summed E-state index contributed by atoms with van der Waals surface area (Å²) in [5, 5.41) is 13.3. The molecule has 1 aromatic heterocycles. The Morgan fingerprint density at radius 1 is 0.952 bits per heavy atom. The summed E-state index contributed by atoms with van der Waals surface area (Å²) in [7, 11) is 0. The van der Waals surface area contributed by atoms with Gasteiger partial charge in [-0.25, -0.2) is 18.4 Å². The molecule has 0 aliphatic rings. The molecule has 1 aromatic carbocycles. The summed E-state index contributed by atoms with van der Waals surface area (Å²) in [5.41, 5.74) is -0.0544. The van der Waals surface area contributed by atoms with Gasteiger partial charge < -0.3 is 15.7 Å². The van der Waals surface area contributed by atoms with Gasteiger partial charge >= 0.3 is 12.0 Å². The van der Waals surface area contributed by atoms with Crippen LogP contribution in [0.3, 0.4) is 0 Å². The normalized spacial score (nSPS) is 10.0. The lowest BCUT2D eigenvalue weighted by atomic mass is 10.2. The van der Waals surface area contributed by atoms with E-state index in [2.05, 4.69) is 15.6 Å². The molecular formula is C13H9F2N3O3. The number of aromatic nitrogens is 1. The van der Waals surface area contributed by atoms with Crippen molar-refractivity contribution in [3.8, 4) is 0 Å². The molecule has 6 nitrogen and oxygen atoms in total. The maximum Gasteiger partial charge on any atom is 0.337 e. The zero-order chi connectivity index (χ0) is 15.4. The van der Waals surface area contributed by atoms with E-state index in [9.17, 15) is 18.4 Å². The molecule has 0 aliphatic carbocycles. The number of nitrogens with zero attached hydrogens (tertiary/aromatic N) is 1. The van der Waals surface area contributed by atoms with Gasteiger partial charge in [0.15, 0.2) is 0 Å². The highest BCUT2D eigenvalue weighted by atomic mass is 19.1. The number of carboxylic acid groups (broad SMARTS) is 1. The van der Waals surface area contributed by atoms with Crippen molar-refractivity contribution in [3.63, 3.8) is 0 Å². The first kappa shape index (κ1) is 14.4. The Kier molecular flexibility index (Phi) is 4.07. The maximum atomic E-state index is 13.0. The number of carbonyl (C=O) groups excluding carboxylic acids is 1. The molecule has 0 saturated carbocycles. The number of benzene rings is 1. The number of carbonyl (C=O) groups is 2. The Morgan fingerprint density at radius 3 is 2.19 bits per heavy atom. The van der Waals surface area contributed by atoms with E-state index < -0.39 is 23.6 Å². The fourth-order valence-electron chi connectivity index (χ4n) is 1.54. The number of halogens is 2. The Balaban J connectivity index is 2.08. The van der Waals surface area contributed by atoms with Crippen LogP contribution in [0.4, 0.5) is 25.0 Å². The van der Waals surface area contributed by atoms with Crippen LogP contribution in [0.5, 0.6) is 0 Å². The van der Waals surface area contributed by atoms with E-state index in [0.717, 1.165) is 18.3 Å². The molecule has 8 heteroatoms. The van der Waals surface area contributed by atoms with Crippen molar-refractivity contribution in [3.05, 3.63) is 53.9 Å². The quantitative estimate of drug-likeness (QED) is 0.811. The molecule has 21 heavy (non-hydrogen) atoms. The number of urea groups is 1. The van der Waals surface area contributed by atoms with Crippen molar-refractivity contribution in [2.75, 3.05) is 10.6 Å². The number of nitrogens with one attached hydrogen (secondary N) is 2. The fourth-order valence-corrected chi connectivity index (χ4v) is 1.54. The monoisotopic (exact) mass is 293 g/mol. The van der Waals surface area contributed by atoms with Gasteiger partial charge in [0, 0.05) is 18.0 Å². The van der Waals surface area contributed by atoms with Gasteiger partial charge in [0.05, 0.1) is 17.4 Å². The smallest absolute Gasteiger partial charge is 0.337 e. The number of hydrogen-bond donors (Lipinski definition) is 3. The molecule has 0 fully saturated rings. The van der Waals surface area contributed by atoms with Gasteiger partial charge in [0.1, 0.15) is 11.6 Å². The van der Waals surface area contributed by atoms with Gasteiger partial charge in [-0.05, 0) is 18.2 Å². The van der Waals surface area contributed by atoms with Crippen LogP contribution >= 0.6 is 0 Å². The molecule has 0 saturated heterocycles. The van der Waals surface area contributed by atoms with Crippen molar-refractivity contribution in [1.29, 1.82) is 0 Å². The zero-order valence-electron chi connectivity index (χ0n) is 10.4. The van der Waals surface area contributed by atoms with Crippen LogP contribution in [-0.4, -0.2) is 22.1 Å². The van der Waals surface area contributed by atoms with E-state index in [1.165, 1.54) is 12.3 Å². The van der Waals surface area contributed by atoms with Crippen LogP contribution in [0.15, 0.2) is 36.7 Å². The highest BCUT2D eigenvalue weighted by Crippen LogP contribution is 2.14. The Labute approximate surface area is 117 Å². The topological polar surface area (TPSA) is 91.3 Å². The molecule has 0 atom stereocenters. The molecular weight excluding hydrogens is 284 g/mol. The van der Waals surface area contributed by atoms with E-state index in [4.69, 9.17) is 5.11 Å². The maximum absolute atomic E-state index is 13.0. The first-order chi connectivity index (χ1) is 9.94. The largest absolute Gasteiger partial charge is 0.478 e. The lowest BCUT2D eigenvalue weighted by Gasteiger charge is -2.08. The third-order valence-electron chi connectivity index (χ3n) is 2.36. The lowest BCUT2D eigenvalue weighted by Crippen LogP contribution is -2.20. The van der Waals surface area contributed by atoms with Crippen LogP contribution < -0.4 is 10.6 Å². The Bertz CT molecular complexity index is 687. The van der Waals surface area contributed by atoms with Crippen molar-refractivity contribution in [2.24, 2.45) is 0 Å². The highest BCUT2D eigenvalue weighted by Gasteiger charge is 2.08. The van der Waals surface area contributed by atoms with E-state index in [1.54, 1.807) is 0 Å². The molecule has 0 unspecified atom stereocenters. The molecule has 3 N–H and O–H groups in total. The first-order valence-corrected chi connectivity index (χ1v) is 5.66. The minimum absolute atomic E-state index is 0.0765. The summed E-state index contributed by atoms with van der Waals surface area (Å²) in [5.74, 6) is -2.86. The second-order valence-corrected chi connectivity index (χ2v) is 4.00. The molecule has 0 spiro atoms. The van der Waals surface area contributed by atoms with Crippen LogP contribution in [0.2, 0.25) is 0 Å². The number of rotatable bonds is 3. The zero-order valence-corrected chi connectivity index (χ0v) is 10.4. The second kappa shape index (κ2) is 5.95. The fraction of sp³-hybridized carbons (Fsp3) is 0. The van der Waals surface area contributed by atoms with Crippen molar-refractivity contribution in [1.82, 2.24) is 4.98 Å². The van der Waals surface area contributed by atoms with Gasteiger partial charge in [0.2, 0.25) is 0 Å². The average Bonchev–Trinajstić information content (AvgIpc) is 2.37. The number of amides is 2. The summed E-state index contributed by atoms with van der Waals surface area (Å²) < 4.78 is 25.9. The lowest BCUT2D eigenvalue weighted by molar-refractivity contribution is 0.0696. The third-order valence-corrected chi connectivity index (χ3v) is 2.36. The van der Waals surface area contributed by atoms with E-state index in [1.807, 2.05) is 0 Å². The number of pyridine rings is 1.